The molecule has 1 aliphatic heterocycles. The Hall–Kier alpha value is 0.370. The molecule has 1 N–H and O–H groups in total. The summed E-state index contributed by atoms with van der Waals surface area (Å²) in [5.41, 5.74) is 0. The van der Waals surface area contributed by atoms with E-state index in [1.54, 1.807) is 0 Å². The van der Waals surface area contributed by atoms with Gasteiger partial charge in [-0.05, 0) is 0 Å². The van der Waals surface area contributed by atoms with Gasteiger partial charge in [-0.2, -0.15) is 12.9 Å². The van der Waals surface area contributed by atoms with Gasteiger partial charge in [0.2, 0.25) is 0 Å². The molecule has 0 aromatic heterocycles. The molecule has 16 heavy (non-hydrogen) atoms. The Morgan fingerprint density at radius 3 is 1.56 bits per heavy atom. The minimum atomic E-state index is -4.95. The first kappa shape index (κ1) is 14.4. The summed E-state index contributed by atoms with van der Waals surface area (Å²) in [7, 11) is -12.6. The maximum atomic E-state index is 11.4. The van der Waals surface area contributed by atoms with Gasteiger partial charge in [-0.15, -0.1) is 9.35 Å². The molecule has 0 radical (unpaired) electrons. The van der Waals surface area contributed by atoms with Gasteiger partial charge in [0.15, 0.2) is 0 Å². The van der Waals surface area contributed by atoms with Gasteiger partial charge in [0.25, 0.3) is 0 Å². The lowest BCUT2D eigenvalue weighted by Crippen LogP contribution is -2.08. The van der Waals surface area contributed by atoms with Crippen LogP contribution in [-0.4, -0.2) is 19.1 Å². The monoisotopic (exact) mass is 300 g/mol. The van der Waals surface area contributed by atoms with Crippen molar-refractivity contribution in [3.05, 3.63) is 0 Å². The van der Waals surface area contributed by atoms with E-state index in [4.69, 9.17) is 4.89 Å². The van der Waals surface area contributed by atoms with Crippen molar-refractivity contribution in [2.75, 3.05) is 14.2 Å². The van der Waals surface area contributed by atoms with Crippen molar-refractivity contribution in [2.24, 2.45) is 0 Å². The minimum absolute atomic E-state index is 0.909. The highest BCUT2D eigenvalue weighted by atomic mass is 31.3. The molecule has 0 spiro atoms. The first-order chi connectivity index (χ1) is 7.24. The van der Waals surface area contributed by atoms with Crippen molar-refractivity contribution < 1.29 is 50.6 Å². The summed E-state index contributed by atoms with van der Waals surface area (Å²) in [4.78, 5) is 16.8. The van der Waals surface area contributed by atoms with Gasteiger partial charge in [-0.3, -0.25) is 0 Å². The summed E-state index contributed by atoms with van der Waals surface area (Å²) < 4.78 is 53.7. The molecule has 14 heteroatoms. The molecule has 11 nitrogen and oxygen atoms in total. The fourth-order valence-corrected chi connectivity index (χ4v) is 5.62. The number of phosphoric acid groups is 3. The molecule has 96 valence electrons. The Balaban J connectivity index is 2.98. The predicted molar refractivity (Wildman–Crippen MR) is 44.5 cm³/mol. The summed E-state index contributed by atoms with van der Waals surface area (Å²) in [6.07, 6.45) is 0. The molecular weight excluding hydrogens is 293 g/mol. The quantitative estimate of drug-likeness (QED) is 0.459. The van der Waals surface area contributed by atoms with E-state index in [2.05, 4.69) is 32.1 Å². The topological polar surface area (TPSA) is 136 Å². The molecular formula is C2H7O11P3. The van der Waals surface area contributed by atoms with Crippen LogP contribution in [0.15, 0.2) is 0 Å². The molecule has 0 bridgehead atoms. The Kier molecular flexibility index (Phi) is 4.45. The van der Waals surface area contributed by atoms with Gasteiger partial charge in [0.05, 0.1) is 14.2 Å². The van der Waals surface area contributed by atoms with Crippen molar-refractivity contribution >= 4 is 23.5 Å². The Bertz CT molecular complexity index is 355. The van der Waals surface area contributed by atoms with E-state index < -0.39 is 23.5 Å². The van der Waals surface area contributed by atoms with E-state index in [-0.39, 0.29) is 0 Å². The van der Waals surface area contributed by atoms with Crippen LogP contribution in [0.4, 0.5) is 0 Å². The number of hydrogen-bond donors (Lipinski definition) is 1. The van der Waals surface area contributed by atoms with Crippen LogP contribution in [0.2, 0.25) is 0 Å². The molecule has 1 heterocycles. The predicted octanol–water partition coefficient (Wildman–Crippen LogP) is 1.52. The highest BCUT2D eigenvalue weighted by Crippen LogP contribution is 2.81. The zero-order chi connectivity index (χ0) is 12.4. The minimum Gasteiger partial charge on any atom is -0.302 e. The summed E-state index contributed by atoms with van der Waals surface area (Å²) in [6.45, 7) is 0. The summed E-state index contributed by atoms with van der Waals surface area (Å²) >= 11 is 0. The maximum absolute atomic E-state index is 11.4. The fraction of sp³-hybridized carbons (Fsp3) is 1.00. The second-order valence-corrected chi connectivity index (χ2v) is 7.07. The third kappa shape index (κ3) is 3.69. The second-order valence-electron chi connectivity index (χ2n) is 2.09. The molecule has 2 atom stereocenters. The highest BCUT2D eigenvalue weighted by Gasteiger charge is 2.57. The molecule has 1 aliphatic rings. The molecule has 1 rings (SSSR count). The molecule has 1 saturated heterocycles. The van der Waals surface area contributed by atoms with Gasteiger partial charge < -0.3 is 4.89 Å². The van der Waals surface area contributed by atoms with Crippen LogP contribution >= 0.6 is 23.5 Å². The molecule has 2 unspecified atom stereocenters. The Labute approximate surface area is 89.2 Å². The van der Waals surface area contributed by atoms with Crippen LogP contribution in [0, 0.1) is 0 Å². The van der Waals surface area contributed by atoms with Crippen LogP contribution in [0.25, 0.3) is 0 Å². The largest absolute Gasteiger partial charge is 0.520 e. The molecule has 0 aromatic rings. The average Bonchev–Trinajstić information content (AvgIpc) is 1.97. The summed E-state index contributed by atoms with van der Waals surface area (Å²) in [5, 5.41) is 0. The van der Waals surface area contributed by atoms with Crippen LogP contribution in [-0.2, 0) is 45.8 Å². The Morgan fingerprint density at radius 2 is 1.25 bits per heavy atom. The van der Waals surface area contributed by atoms with Crippen LogP contribution < -0.4 is 0 Å². The second kappa shape index (κ2) is 4.93. The number of hydrogen-bond acceptors (Lipinski definition) is 10. The van der Waals surface area contributed by atoms with Crippen LogP contribution in [0.1, 0.15) is 0 Å². The van der Waals surface area contributed by atoms with E-state index in [9.17, 15) is 13.7 Å². The molecule has 0 amide bonds. The SMILES string of the molecule is COOP1(=O)OP(=O)(O)OP(=O)(OOC)O1. The van der Waals surface area contributed by atoms with Crippen molar-refractivity contribution in [2.45, 2.75) is 0 Å². The highest BCUT2D eigenvalue weighted by molar-refractivity contribution is 7.75. The molecule has 0 saturated carbocycles. The van der Waals surface area contributed by atoms with Crippen molar-refractivity contribution in [1.29, 1.82) is 0 Å². The van der Waals surface area contributed by atoms with E-state index in [1.165, 1.54) is 0 Å². The fourth-order valence-electron chi connectivity index (χ4n) is 0.657. The van der Waals surface area contributed by atoms with Gasteiger partial charge in [0, 0.05) is 0 Å². The molecule has 0 aliphatic carbocycles. The van der Waals surface area contributed by atoms with Gasteiger partial charge in [0.1, 0.15) is 0 Å². The number of rotatable bonds is 4. The average molecular weight is 300 g/mol. The first-order valence-electron chi connectivity index (χ1n) is 3.36. The van der Waals surface area contributed by atoms with Crippen LogP contribution in [0.3, 0.4) is 0 Å². The van der Waals surface area contributed by atoms with E-state index in [0.717, 1.165) is 14.2 Å². The maximum Gasteiger partial charge on any atom is 0.520 e. The molecule has 1 fully saturated rings. The lowest BCUT2D eigenvalue weighted by atomic mass is 11.8. The smallest absolute Gasteiger partial charge is 0.302 e. The zero-order valence-electron chi connectivity index (χ0n) is 7.87. The third-order valence-electron chi connectivity index (χ3n) is 0.938. The van der Waals surface area contributed by atoms with Gasteiger partial charge >= 0.3 is 23.5 Å². The zero-order valence-corrected chi connectivity index (χ0v) is 10.6. The van der Waals surface area contributed by atoms with Crippen molar-refractivity contribution in [1.82, 2.24) is 0 Å². The summed E-state index contributed by atoms with van der Waals surface area (Å²) in [6, 6.07) is 0. The summed E-state index contributed by atoms with van der Waals surface area (Å²) in [5.74, 6) is 0. The third-order valence-corrected chi connectivity index (χ3v) is 6.45. The first-order valence-corrected chi connectivity index (χ1v) is 7.77. The van der Waals surface area contributed by atoms with E-state index in [1.807, 2.05) is 0 Å². The normalized spacial score (nSPS) is 44.4. The Morgan fingerprint density at radius 1 is 0.875 bits per heavy atom. The van der Waals surface area contributed by atoms with Gasteiger partial charge in [-0.25, -0.2) is 23.5 Å². The van der Waals surface area contributed by atoms with Crippen molar-refractivity contribution in [3.8, 4) is 0 Å². The van der Waals surface area contributed by atoms with E-state index >= 15 is 0 Å². The van der Waals surface area contributed by atoms with Crippen LogP contribution in [0.5, 0.6) is 0 Å². The molecule has 0 aromatic carbocycles. The lowest BCUT2D eigenvalue weighted by molar-refractivity contribution is -0.210. The van der Waals surface area contributed by atoms with E-state index in [0.29, 0.717) is 0 Å². The van der Waals surface area contributed by atoms with Crippen molar-refractivity contribution in [3.63, 3.8) is 0 Å². The van der Waals surface area contributed by atoms with Gasteiger partial charge in [-0.1, -0.05) is 0 Å². The standard InChI is InChI=1S/C2H7O11P3/c1-7-9-15(5)11-14(3,4)12-16(6,13-15)10-8-2/h1-2H3,(H,3,4). The lowest BCUT2D eigenvalue weighted by Gasteiger charge is -2.26.